The summed E-state index contributed by atoms with van der Waals surface area (Å²) >= 11 is 0. The van der Waals surface area contributed by atoms with Gasteiger partial charge in [0, 0.05) is 37.3 Å². The number of H-pyrrole nitrogens is 2. The molecule has 3 heterocycles. The molecular formula is C17H21N5O. The second-order valence-electron chi connectivity index (χ2n) is 6.17. The summed E-state index contributed by atoms with van der Waals surface area (Å²) in [6.07, 6.45) is 3.15. The van der Waals surface area contributed by atoms with E-state index in [9.17, 15) is 0 Å². The third-order valence-corrected chi connectivity index (χ3v) is 4.67. The summed E-state index contributed by atoms with van der Waals surface area (Å²) in [6, 6.07) is 8.73. The summed E-state index contributed by atoms with van der Waals surface area (Å²) < 4.78 is 5.60. The third-order valence-electron chi connectivity index (χ3n) is 4.67. The van der Waals surface area contributed by atoms with Crippen molar-refractivity contribution in [3.8, 4) is 0 Å². The minimum Gasteiger partial charge on any atom is -0.380 e. The first-order valence-corrected chi connectivity index (χ1v) is 7.95. The average molecular weight is 311 g/mol. The Balaban J connectivity index is 1.64. The zero-order chi connectivity index (χ0) is 15.8. The fraction of sp³-hybridized carbons (Fsp3) is 0.412. The lowest BCUT2D eigenvalue weighted by Gasteiger charge is -2.22. The molecule has 2 N–H and O–H groups in total. The molecule has 0 aliphatic carbocycles. The van der Waals surface area contributed by atoms with Crippen LogP contribution in [0.2, 0.25) is 0 Å². The standard InChI is InChI=1S/C17H21N5O/c1-11-19-17(21-20-11)16-8-13(23-2)10-22(16)9-12-4-3-5-15-14(12)6-7-18-15/h3-7,13,16,18H,8-10H2,1-2H3,(H,19,20,21)/t13-,16-/m0/s1. The Labute approximate surface area is 134 Å². The van der Waals surface area contributed by atoms with Gasteiger partial charge in [0.2, 0.25) is 0 Å². The van der Waals surface area contributed by atoms with E-state index in [2.05, 4.69) is 49.3 Å². The van der Waals surface area contributed by atoms with E-state index in [-0.39, 0.29) is 12.1 Å². The van der Waals surface area contributed by atoms with Gasteiger partial charge in [0.05, 0.1) is 12.1 Å². The molecule has 2 aromatic heterocycles. The molecular weight excluding hydrogens is 290 g/mol. The molecule has 1 fully saturated rings. The number of fused-ring (bicyclic) bond motifs is 1. The van der Waals surface area contributed by atoms with Crippen LogP contribution >= 0.6 is 0 Å². The van der Waals surface area contributed by atoms with E-state index < -0.39 is 0 Å². The van der Waals surface area contributed by atoms with Crippen LogP contribution in [-0.2, 0) is 11.3 Å². The van der Waals surface area contributed by atoms with Gasteiger partial charge in [-0.1, -0.05) is 12.1 Å². The second kappa shape index (κ2) is 5.79. The smallest absolute Gasteiger partial charge is 0.167 e. The minimum atomic E-state index is 0.194. The monoisotopic (exact) mass is 311 g/mol. The van der Waals surface area contributed by atoms with Crippen molar-refractivity contribution in [3.05, 3.63) is 47.7 Å². The number of nitrogens with zero attached hydrogens (tertiary/aromatic N) is 3. The molecule has 4 rings (SSSR count). The maximum Gasteiger partial charge on any atom is 0.167 e. The number of nitrogens with one attached hydrogen (secondary N) is 2. The first-order chi connectivity index (χ1) is 11.2. The van der Waals surface area contributed by atoms with E-state index in [1.54, 1.807) is 7.11 Å². The summed E-state index contributed by atoms with van der Waals surface area (Å²) in [5, 5.41) is 8.60. The molecule has 23 heavy (non-hydrogen) atoms. The molecule has 1 aliphatic rings. The minimum absolute atomic E-state index is 0.194. The zero-order valence-corrected chi connectivity index (χ0v) is 13.4. The van der Waals surface area contributed by atoms with Gasteiger partial charge in [-0.2, -0.15) is 5.10 Å². The normalized spacial score (nSPS) is 22.2. The number of hydrogen-bond donors (Lipinski definition) is 2. The van der Waals surface area contributed by atoms with Gasteiger partial charge in [-0.25, -0.2) is 4.98 Å². The van der Waals surface area contributed by atoms with Gasteiger partial charge in [-0.15, -0.1) is 0 Å². The zero-order valence-electron chi connectivity index (χ0n) is 13.4. The molecule has 120 valence electrons. The first kappa shape index (κ1) is 14.4. The number of hydrogen-bond acceptors (Lipinski definition) is 4. The second-order valence-corrected chi connectivity index (χ2v) is 6.17. The highest BCUT2D eigenvalue weighted by molar-refractivity contribution is 5.82. The van der Waals surface area contributed by atoms with Crippen molar-refractivity contribution in [3.63, 3.8) is 0 Å². The van der Waals surface area contributed by atoms with Gasteiger partial charge in [0.15, 0.2) is 5.82 Å². The molecule has 6 nitrogen and oxygen atoms in total. The lowest BCUT2D eigenvalue weighted by molar-refractivity contribution is 0.107. The van der Waals surface area contributed by atoms with Crippen LogP contribution in [0.1, 0.15) is 29.7 Å². The molecule has 0 radical (unpaired) electrons. The van der Waals surface area contributed by atoms with Crippen LogP contribution in [0.5, 0.6) is 0 Å². The molecule has 6 heteroatoms. The van der Waals surface area contributed by atoms with Crippen molar-refractivity contribution < 1.29 is 4.74 Å². The highest BCUT2D eigenvalue weighted by Gasteiger charge is 2.35. The lowest BCUT2D eigenvalue weighted by Crippen LogP contribution is -2.25. The van der Waals surface area contributed by atoms with E-state index in [1.165, 1.54) is 16.5 Å². The van der Waals surface area contributed by atoms with Crippen molar-refractivity contribution in [1.29, 1.82) is 0 Å². The van der Waals surface area contributed by atoms with E-state index in [0.717, 1.165) is 31.2 Å². The molecule has 0 bridgehead atoms. The first-order valence-electron chi connectivity index (χ1n) is 7.95. The topological polar surface area (TPSA) is 69.8 Å². The van der Waals surface area contributed by atoms with E-state index in [0.29, 0.717) is 0 Å². The number of methoxy groups -OCH3 is 1. The Kier molecular flexibility index (Phi) is 3.63. The highest BCUT2D eigenvalue weighted by atomic mass is 16.5. The highest BCUT2D eigenvalue weighted by Crippen LogP contribution is 2.33. The molecule has 0 amide bonds. The van der Waals surface area contributed by atoms with Gasteiger partial charge in [0.1, 0.15) is 5.82 Å². The molecule has 0 saturated carbocycles. The van der Waals surface area contributed by atoms with Crippen LogP contribution in [-0.4, -0.2) is 44.8 Å². The summed E-state index contributed by atoms with van der Waals surface area (Å²) in [6.45, 7) is 3.70. The van der Waals surface area contributed by atoms with Gasteiger partial charge in [-0.3, -0.25) is 10.00 Å². The average Bonchev–Trinajstić information content (AvgIpc) is 3.26. The number of benzene rings is 1. The maximum absolute atomic E-state index is 5.60. The van der Waals surface area contributed by atoms with E-state index in [1.807, 2.05) is 13.1 Å². The summed E-state index contributed by atoms with van der Waals surface area (Å²) in [5.74, 6) is 1.72. The number of aromatic nitrogens is 4. The SMILES string of the molecule is CO[C@H]1C[C@@H](c2n[nH]c(C)n2)N(Cc2cccc3[nH]ccc23)C1. The molecule has 3 aromatic rings. The van der Waals surface area contributed by atoms with Crippen molar-refractivity contribution >= 4 is 10.9 Å². The number of aryl methyl sites for hydroxylation is 1. The number of rotatable bonds is 4. The van der Waals surface area contributed by atoms with Gasteiger partial charge in [0.25, 0.3) is 0 Å². The van der Waals surface area contributed by atoms with Crippen LogP contribution in [0.15, 0.2) is 30.5 Å². The predicted octanol–water partition coefficient (Wildman–Crippen LogP) is 2.56. The number of likely N-dealkylation sites (tertiary alicyclic amines) is 1. The summed E-state index contributed by atoms with van der Waals surface area (Å²) in [4.78, 5) is 10.2. The Hall–Kier alpha value is -2.18. The van der Waals surface area contributed by atoms with E-state index >= 15 is 0 Å². The summed E-state index contributed by atoms with van der Waals surface area (Å²) in [7, 11) is 1.78. The van der Waals surface area contributed by atoms with Crippen LogP contribution in [0, 0.1) is 6.92 Å². The van der Waals surface area contributed by atoms with Crippen molar-refractivity contribution in [2.75, 3.05) is 13.7 Å². The van der Waals surface area contributed by atoms with Crippen LogP contribution < -0.4 is 0 Å². The lowest BCUT2D eigenvalue weighted by atomic mass is 10.1. The van der Waals surface area contributed by atoms with Crippen molar-refractivity contribution in [1.82, 2.24) is 25.1 Å². The molecule has 1 saturated heterocycles. The molecule has 1 aromatic carbocycles. The Morgan fingerprint density at radius 1 is 1.35 bits per heavy atom. The molecule has 0 unspecified atom stereocenters. The third kappa shape index (κ3) is 2.64. The van der Waals surface area contributed by atoms with Gasteiger partial charge in [-0.05, 0) is 31.0 Å². The van der Waals surface area contributed by atoms with Crippen LogP contribution in [0.3, 0.4) is 0 Å². The molecule has 2 atom stereocenters. The predicted molar refractivity (Wildman–Crippen MR) is 88.0 cm³/mol. The largest absolute Gasteiger partial charge is 0.380 e. The molecule has 0 spiro atoms. The van der Waals surface area contributed by atoms with E-state index in [4.69, 9.17) is 4.74 Å². The van der Waals surface area contributed by atoms with Gasteiger partial charge >= 0.3 is 0 Å². The number of aromatic amines is 2. The Morgan fingerprint density at radius 2 is 2.26 bits per heavy atom. The quantitative estimate of drug-likeness (QED) is 0.777. The van der Waals surface area contributed by atoms with Crippen LogP contribution in [0.4, 0.5) is 0 Å². The fourth-order valence-electron chi connectivity index (χ4n) is 3.49. The molecule has 1 aliphatic heterocycles. The maximum atomic E-state index is 5.60. The van der Waals surface area contributed by atoms with Crippen LogP contribution in [0.25, 0.3) is 10.9 Å². The Morgan fingerprint density at radius 3 is 3.04 bits per heavy atom. The fourth-order valence-corrected chi connectivity index (χ4v) is 3.49. The Bertz CT molecular complexity index is 808. The van der Waals surface area contributed by atoms with Gasteiger partial charge < -0.3 is 9.72 Å². The van der Waals surface area contributed by atoms with Crippen molar-refractivity contribution in [2.45, 2.75) is 32.0 Å². The van der Waals surface area contributed by atoms with Crippen molar-refractivity contribution in [2.24, 2.45) is 0 Å². The number of ether oxygens (including phenoxy) is 1. The summed E-state index contributed by atoms with van der Waals surface area (Å²) in [5.41, 5.74) is 2.49.